The highest BCUT2D eigenvalue weighted by Gasteiger charge is 2.60. The molecule has 0 bridgehead atoms. The van der Waals surface area contributed by atoms with Gasteiger partial charge in [0.1, 0.15) is 68.6 Å². The van der Waals surface area contributed by atoms with E-state index in [1.807, 2.05) is 48.5 Å². The van der Waals surface area contributed by atoms with Crippen LogP contribution in [-0.2, 0) is 138 Å². The normalized spacial score (nSPS) is 26.7. The van der Waals surface area contributed by atoms with Gasteiger partial charge in [-0.3, -0.25) is 52.7 Å². The molecule has 32 heteroatoms. The van der Waals surface area contributed by atoms with Crippen molar-refractivity contribution in [2.45, 2.75) is 206 Å². The number of carbonyl (C=O) groups excluding carboxylic acids is 13. The number of hydrogen-bond donors (Lipinski definition) is 2. The van der Waals surface area contributed by atoms with E-state index >= 15 is 0 Å². The highest BCUT2D eigenvalue weighted by atomic mass is 16.8. The molecule has 3 aliphatic heterocycles. The van der Waals surface area contributed by atoms with Crippen LogP contribution in [0.3, 0.4) is 0 Å². The lowest BCUT2D eigenvalue weighted by atomic mass is 9.94. The Labute approximate surface area is 532 Å². The van der Waals surface area contributed by atoms with E-state index in [9.17, 15) is 62.3 Å². The maximum Gasteiger partial charge on any atom is 0.407 e. The van der Waals surface area contributed by atoms with Gasteiger partial charge in [-0.05, 0) is 43.0 Å². The van der Waals surface area contributed by atoms with Crippen LogP contribution in [0.2, 0.25) is 0 Å². The van der Waals surface area contributed by atoms with Gasteiger partial charge in [0, 0.05) is 75.2 Å². The second-order valence-electron chi connectivity index (χ2n) is 22.6. The third-order valence-electron chi connectivity index (χ3n) is 13.9. The number of fused-ring (bicyclic) bond motifs is 3. The van der Waals surface area contributed by atoms with Gasteiger partial charge in [0.25, 0.3) is 0 Å². The first-order valence-corrected chi connectivity index (χ1v) is 29.2. The summed E-state index contributed by atoms with van der Waals surface area (Å²) in [6.07, 6.45) is -31.0. The topological polar surface area (TPSA) is 403 Å². The van der Waals surface area contributed by atoms with Crippen LogP contribution in [0.4, 0.5) is 4.79 Å². The number of ether oxygens (including phenoxy) is 17. The molecular weight excluding hydrogens is 1240 g/mol. The minimum Gasteiger partial charge on any atom is -0.463 e. The number of alkyl carbamates (subject to hydrolysis) is 1. The van der Waals surface area contributed by atoms with Crippen molar-refractivity contribution in [2.24, 2.45) is 0 Å². The number of carbonyl (C=O) groups is 13. The predicted octanol–water partition coefficient (Wildman–Crippen LogP) is 1.90. The van der Waals surface area contributed by atoms with Crippen LogP contribution in [-0.4, -0.2) is 208 Å². The van der Waals surface area contributed by atoms with Gasteiger partial charge in [0.15, 0.2) is 61.5 Å². The van der Waals surface area contributed by atoms with E-state index in [1.165, 1.54) is 20.8 Å². The number of hydrogen-bond acceptors (Lipinski definition) is 30. The molecule has 6 rings (SSSR count). The van der Waals surface area contributed by atoms with Crippen LogP contribution in [0.15, 0.2) is 48.5 Å². The van der Waals surface area contributed by atoms with E-state index in [4.69, 9.17) is 80.5 Å². The molecule has 0 aromatic heterocycles. The summed E-state index contributed by atoms with van der Waals surface area (Å²) in [5.41, 5.74) is 2.48. The molecule has 2 aromatic rings. The zero-order chi connectivity index (χ0) is 68.8. The smallest absolute Gasteiger partial charge is 0.407 e. The summed E-state index contributed by atoms with van der Waals surface area (Å²) in [4.78, 5) is 170. The van der Waals surface area contributed by atoms with E-state index in [0.717, 1.165) is 91.5 Å². The van der Waals surface area contributed by atoms with Gasteiger partial charge in [-0.15, -0.1) is 0 Å². The molecule has 0 spiro atoms. The van der Waals surface area contributed by atoms with Gasteiger partial charge >= 0.3 is 71.8 Å². The molecule has 2 aromatic carbocycles. The highest BCUT2D eigenvalue weighted by molar-refractivity contribution is 5.88. The minimum absolute atomic E-state index is 0.190. The SMILES string of the molecule is CC(=O)OC[C@H]1O[C@@H](NC(=O)C[C@H](NC(=O)OCC2c3ccccc3-c3ccccc32)C(=O)OC(C)(C)C)[C@H](OC(C)=O)[C@@H](OC(C)=O)[C@@H]1O[C@@H]1O[C@H](COC(C)=O)[C@@H](O[C@@H]2O[C@H](COC(C)=O)[C@@H](OC(C)=O)[C@H](OC(C)=O)[C@H]2OC(C)=O)[C@H](OC(C)=O)[C@H]1OC(C)=O. The average Bonchev–Trinajstić information content (AvgIpc) is 1.67. The molecule has 0 unspecified atom stereocenters. The number of amides is 2. The van der Waals surface area contributed by atoms with E-state index in [2.05, 4.69) is 10.6 Å². The zero-order valence-corrected chi connectivity index (χ0v) is 53.2. The number of nitrogens with one attached hydrogen (secondary N) is 2. The van der Waals surface area contributed by atoms with Crippen LogP contribution >= 0.6 is 0 Å². The molecule has 32 nitrogen and oxygen atoms in total. The molecule has 1 aliphatic carbocycles. The predicted molar refractivity (Wildman–Crippen MR) is 305 cm³/mol. The standard InChI is InChI=1S/C61H76N2O30/c1-27(64)77-24-43-48(50(82-31(5)68)53(85-34(8)71)56(88-43)63-46(74)22-42(57(75)93-61(11,12)13)62-60(76)80-23-41-39-20-16-14-18-37(39)38-19-15-17-21-40(38)41)91-59-55(87-36(10)73)52(84-33(7)70)49(45(90-59)26-79-29(3)66)92-58-54(86-35(9)72)51(83-32(6)69)47(81-30(4)67)44(89-58)25-78-28(2)65/h14-21,41-45,47-56,58-59H,22-26H2,1-13H3,(H,62,76)(H,63,74)/t42-,43+,44+,45+,47+,48+,49+,50-,51-,52-,53+,54+,55+,56+,58-,59-/m0/s1. The number of rotatable bonds is 24. The summed E-state index contributed by atoms with van der Waals surface area (Å²) in [6.45, 7) is 11.5. The van der Waals surface area contributed by atoms with Crippen LogP contribution < -0.4 is 10.6 Å². The summed E-state index contributed by atoms with van der Waals surface area (Å²) in [7, 11) is 0. The second kappa shape index (κ2) is 32.6. The van der Waals surface area contributed by atoms with Crippen molar-refractivity contribution in [1.82, 2.24) is 10.6 Å². The maximum atomic E-state index is 14.4. The lowest BCUT2D eigenvalue weighted by molar-refractivity contribution is -0.374. The summed E-state index contributed by atoms with van der Waals surface area (Å²) in [6, 6.07) is 13.3. The Morgan fingerprint density at radius 3 is 1.18 bits per heavy atom. The Kier molecular flexibility index (Phi) is 25.7. The molecule has 0 saturated carbocycles. The number of benzene rings is 2. The minimum atomic E-state index is -2.18. The Morgan fingerprint density at radius 1 is 0.419 bits per heavy atom. The third-order valence-corrected chi connectivity index (χ3v) is 13.9. The molecule has 0 radical (unpaired) electrons. The van der Waals surface area contributed by atoms with Crippen molar-refractivity contribution in [3.8, 4) is 11.1 Å². The quantitative estimate of drug-likeness (QED) is 0.112. The van der Waals surface area contributed by atoms with Crippen molar-refractivity contribution in [3.63, 3.8) is 0 Å². The summed E-state index contributed by atoms with van der Waals surface area (Å²) >= 11 is 0. The fourth-order valence-corrected chi connectivity index (χ4v) is 10.7. The van der Waals surface area contributed by atoms with Gasteiger partial charge in [-0.25, -0.2) is 9.59 Å². The monoisotopic (exact) mass is 1320 g/mol. The van der Waals surface area contributed by atoms with E-state index in [0.29, 0.717) is 0 Å². The Bertz CT molecular complexity index is 3060. The van der Waals surface area contributed by atoms with Crippen molar-refractivity contribution in [3.05, 3.63) is 59.7 Å². The molecular formula is C61H76N2O30. The molecule has 3 fully saturated rings. The lowest BCUT2D eigenvalue weighted by Crippen LogP contribution is -2.69. The molecule has 3 heterocycles. The summed E-state index contributed by atoms with van der Waals surface area (Å²) < 4.78 is 98.6. The van der Waals surface area contributed by atoms with Crippen LogP contribution in [0.25, 0.3) is 11.1 Å². The third kappa shape index (κ3) is 20.8. The first kappa shape index (κ1) is 73.2. The van der Waals surface area contributed by atoms with Crippen LogP contribution in [0.5, 0.6) is 0 Å². The Morgan fingerprint density at radius 2 is 0.774 bits per heavy atom. The van der Waals surface area contributed by atoms with Gasteiger partial charge in [0.05, 0.1) is 6.42 Å². The van der Waals surface area contributed by atoms with Gasteiger partial charge in [-0.1, -0.05) is 48.5 Å². The van der Waals surface area contributed by atoms with Gasteiger partial charge < -0.3 is 91.2 Å². The molecule has 2 N–H and O–H groups in total. The summed E-state index contributed by atoms with van der Waals surface area (Å²) in [5.74, 6) is -12.9. The first-order valence-electron chi connectivity index (χ1n) is 29.2. The lowest BCUT2D eigenvalue weighted by Gasteiger charge is -2.50. The van der Waals surface area contributed by atoms with Crippen LogP contribution in [0.1, 0.15) is 113 Å². The summed E-state index contributed by atoms with van der Waals surface area (Å²) in [5, 5.41) is 4.87. The fourth-order valence-electron chi connectivity index (χ4n) is 10.7. The van der Waals surface area contributed by atoms with E-state index in [1.54, 1.807) is 0 Å². The van der Waals surface area contributed by atoms with Gasteiger partial charge in [0.2, 0.25) is 5.91 Å². The largest absolute Gasteiger partial charge is 0.463 e. The van der Waals surface area contributed by atoms with E-state index < -0.39 is 214 Å². The van der Waals surface area contributed by atoms with Crippen molar-refractivity contribution < 1.29 is 143 Å². The fraction of sp³-hybridized carbons (Fsp3) is 0.590. The van der Waals surface area contributed by atoms with Crippen LogP contribution in [0, 0.1) is 0 Å². The molecule has 93 heavy (non-hydrogen) atoms. The first-order chi connectivity index (χ1) is 43.7. The van der Waals surface area contributed by atoms with Crippen molar-refractivity contribution >= 4 is 77.7 Å². The average molecular weight is 1320 g/mol. The Balaban J connectivity index is 1.37. The molecule has 2 amide bonds. The Hall–Kier alpha value is -8.85. The van der Waals surface area contributed by atoms with Gasteiger partial charge in [-0.2, -0.15) is 0 Å². The van der Waals surface area contributed by atoms with Crippen molar-refractivity contribution in [2.75, 3.05) is 26.4 Å². The molecule has 16 atom stereocenters. The van der Waals surface area contributed by atoms with Crippen molar-refractivity contribution in [1.29, 1.82) is 0 Å². The molecule has 4 aliphatic rings. The second-order valence-corrected chi connectivity index (χ2v) is 22.6. The zero-order valence-electron chi connectivity index (χ0n) is 53.2. The maximum absolute atomic E-state index is 14.4. The number of esters is 11. The molecule has 510 valence electrons. The molecule has 3 saturated heterocycles. The highest BCUT2D eigenvalue weighted by Crippen LogP contribution is 2.45. The van der Waals surface area contributed by atoms with E-state index in [-0.39, 0.29) is 6.61 Å².